The summed E-state index contributed by atoms with van der Waals surface area (Å²) in [4.78, 5) is 27.0. The second kappa shape index (κ2) is 11.7. The molecule has 1 N–H and O–H groups in total. The van der Waals surface area contributed by atoms with Crippen LogP contribution in [-0.4, -0.2) is 34.6 Å². The zero-order valence-electron chi connectivity index (χ0n) is 17.5. The molecule has 2 amide bonds. The molecule has 0 unspecified atom stereocenters. The van der Waals surface area contributed by atoms with E-state index in [-0.39, 0.29) is 36.0 Å². The molecule has 0 aliphatic rings. The molecule has 7 heteroatoms. The lowest BCUT2D eigenvalue weighted by molar-refractivity contribution is -0.139. The van der Waals surface area contributed by atoms with E-state index in [4.69, 9.17) is 0 Å². The Morgan fingerprint density at radius 3 is 2.37 bits per heavy atom. The Labute approximate surface area is 181 Å². The molecule has 0 saturated heterocycles. The first-order valence-corrected chi connectivity index (χ1v) is 11.1. The molecule has 0 saturated carbocycles. The molecule has 0 fully saturated rings. The number of thioether (sulfide) groups is 1. The number of benzene rings is 2. The minimum atomic E-state index is -0.738. The lowest BCUT2D eigenvalue weighted by atomic mass is 10.1. The Kier molecular flexibility index (Phi) is 9.30. The van der Waals surface area contributed by atoms with E-state index >= 15 is 0 Å². The molecule has 0 spiro atoms. The number of nitrogens with one attached hydrogen (secondary N) is 1. The Bertz CT molecular complexity index is 845. The largest absolute Gasteiger partial charge is 0.352 e. The lowest BCUT2D eigenvalue weighted by Crippen LogP contribution is -2.50. The first-order chi connectivity index (χ1) is 14.3. The summed E-state index contributed by atoms with van der Waals surface area (Å²) >= 11 is 1.37. The van der Waals surface area contributed by atoms with Crippen LogP contribution >= 0.6 is 11.8 Å². The van der Waals surface area contributed by atoms with Crippen molar-refractivity contribution in [2.75, 3.05) is 5.75 Å². The van der Waals surface area contributed by atoms with E-state index in [1.807, 2.05) is 13.8 Å². The standard InChI is InChI=1S/C23H28F2N2O2S/c1-4-16(2)26-23(29)17(3)27(13-19-7-5-6-8-21(19)25)22(28)15-30-14-18-9-11-20(24)12-10-18/h5-12,16-17H,4,13-15H2,1-3H3,(H,26,29)/t16-,17+/m0/s1. The highest BCUT2D eigenvalue weighted by Crippen LogP contribution is 2.17. The fraction of sp³-hybridized carbons (Fsp3) is 0.391. The minimum Gasteiger partial charge on any atom is -0.352 e. The fourth-order valence-electron chi connectivity index (χ4n) is 2.78. The van der Waals surface area contributed by atoms with Gasteiger partial charge in [-0.25, -0.2) is 8.78 Å². The molecular formula is C23H28F2N2O2S. The second-order valence-electron chi connectivity index (χ2n) is 7.23. The smallest absolute Gasteiger partial charge is 0.242 e. The molecule has 2 aromatic carbocycles. The number of hydrogen-bond donors (Lipinski definition) is 1. The van der Waals surface area contributed by atoms with Crippen molar-refractivity contribution in [2.24, 2.45) is 0 Å². The molecule has 4 nitrogen and oxygen atoms in total. The molecule has 0 bridgehead atoms. The quantitative estimate of drug-likeness (QED) is 0.598. The molecule has 0 heterocycles. The number of carbonyl (C=O) groups excluding carboxylic acids is 2. The summed E-state index contributed by atoms with van der Waals surface area (Å²) in [5, 5.41) is 2.88. The van der Waals surface area contributed by atoms with E-state index < -0.39 is 11.9 Å². The Balaban J connectivity index is 2.08. The number of rotatable bonds is 10. The number of amides is 2. The van der Waals surface area contributed by atoms with Crippen LogP contribution in [-0.2, 0) is 21.9 Å². The van der Waals surface area contributed by atoms with Crippen LogP contribution in [0, 0.1) is 11.6 Å². The van der Waals surface area contributed by atoms with E-state index in [9.17, 15) is 18.4 Å². The molecule has 0 radical (unpaired) electrons. The summed E-state index contributed by atoms with van der Waals surface area (Å²) in [6.45, 7) is 5.52. The van der Waals surface area contributed by atoms with Crippen LogP contribution in [0.4, 0.5) is 8.78 Å². The van der Waals surface area contributed by atoms with Gasteiger partial charge in [0, 0.05) is 23.9 Å². The summed E-state index contributed by atoms with van der Waals surface area (Å²) in [6, 6.07) is 11.6. The third-order valence-corrected chi connectivity index (χ3v) is 5.86. The number of hydrogen-bond acceptors (Lipinski definition) is 3. The fourth-order valence-corrected chi connectivity index (χ4v) is 3.65. The maximum Gasteiger partial charge on any atom is 0.242 e. The van der Waals surface area contributed by atoms with Gasteiger partial charge in [-0.05, 0) is 44.0 Å². The van der Waals surface area contributed by atoms with Crippen molar-refractivity contribution in [3.63, 3.8) is 0 Å². The third kappa shape index (κ3) is 7.13. The average Bonchev–Trinajstić information content (AvgIpc) is 2.73. The first-order valence-electron chi connectivity index (χ1n) is 9.97. The van der Waals surface area contributed by atoms with Gasteiger partial charge >= 0.3 is 0 Å². The van der Waals surface area contributed by atoms with Gasteiger partial charge in [0.1, 0.15) is 17.7 Å². The van der Waals surface area contributed by atoms with Crippen molar-refractivity contribution in [3.05, 3.63) is 71.3 Å². The molecule has 162 valence electrons. The van der Waals surface area contributed by atoms with Crippen LogP contribution in [0.3, 0.4) is 0 Å². The summed E-state index contributed by atoms with van der Waals surface area (Å²) in [6.07, 6.45) is 0.771. The van der Waals surface area contributed by atoms with Gasteiger partial charge in [-0.3, -0.25) is 9.59 Å². The van der Waals surface area contributed by atoms with Gasteiger partial charge in [0.25, 0.3) is 0 Å². The van der Waals surface area contributed by atoms with Crippen LogP contribution in [0.1, 0.15) is 38.3 Å². The number of nitrogens with zero attached hydrogens (tertiary/aromatic N) is 1. The highest BCUT2D eigenvalue weighted by Gasteiger charge is 2.27. The zero-order valence-corrected chi connectivity index (χ0v) is 18.3. The molecule has 2 aromatic rings. The van der Waals surface area contributed by atoms with E-state index in [0.717, 1.165) is 12.0 Å². The van der Waals surface area contributed by atoms with Crippen molar-refractivity contribution in [1.82, 2.24) is 10.2 Å². The van der Waals surface area contributed by atoms with Crippen LogP contribution < -0.4 is 5.32 Å². The maximum absolute atomic E-state index is 14.2. The molecule has 0 aliphatic carbocycles. The van der Waals surface area contributed by atoms with Gasteiger partial charge in [-0.15, -0.1) is 11.8 Å². The number of carbonyl (C=O) groups is 2. The molecule has 2 atom stereocenters. The van der Waals surface area contributed by atoms with E-state index in [1.165, 1.54) is 34.9 Å². The Morgan fingerprint density at radius 2 is 1.73 bits per heavy atom. The van der Waals surface area contributed by atoms with Crippen LogP contribution in [0.15, 0.2) is 48.5 Å². The first kappa shape index (κ1) is 23.9. The molecular weight excluding hydrogens is 406 g/mol. The summed E-state index contributed by atoms with van der Waals surface area (Å²) in [5.74, 6) is -0.574. The average molecular weight is 435 g/mol. The molecule has 30 heavy (non-hydrogen) atoms. The van der Waals surface area contributed by atoms with E-state index in [2.05, 4.69) is 5.32 Å². The van der Waals surface area contributed by atoms with Gasteiger partial charge in [0.15, 0.2) is 0 Å². The van der Waals surface area contributed by atoms with Gasteiger partial charge in [0.2, 0.25) is 11.8 Å². The third-order valence-electron chi connectivity index (χ3n) is 4.87. The van der Waals surface area contributed by atoms with Gasteiger partial charge < -0.3 is 10.2 Å². The summed E-state index contributed by atoms with van der Waals surface area (Å²) in [5.41, 5.74) is 1.26. The van der Waals surface area contributed by atoms with Gasteiger partial charge in [-0.2, -0.15) is 0 Å². The normalized spacial score (nSPS) is 12.8. The van der Waals surface area contributed by atoms with Crippen molar-refractivity contribution in [1.29, 1.82) is 0 Å². The van der Waals surface area contributed by atoms with Crippen LogP contribution in [0.2, 0.25) is 0 Å². The monoisotopic (exact) mass is 434 g/mol. The van der Waals surface area contributed by atoms with E-state index in [1.54, 1.807) is 37.3 Å². The number of halogens is 2. The zero-order chi connectivity index (χ0) is 22.1. The SMILES string of the molecule is CC[C@H](C)NC(=O)[C@@H](C)N(Cc1ccccc1F)C(=O)CSCc1ccc(F)cc1. The summed E-state index contributed by atoms with van der Waals surface area (Å²) < 4.78 is 27.2. The Hall–Kier alpha value is -2.41. The highest BCUT2D eigenvalue weighted by atomic mass is 32.2. The van der Waals surface area contributed by atoms with E-state index in [0.29, 0.717) is 11.3 Å². The minimum absolute atomic E-state index is 0.0116. The second-order valence-corrected chi connectivity index (χ2v) is 8.21. The van der Waals surface area contributed by atoms with Crippen LogP contribution in [0.25, 0.3) is 0 Å². The highest BCUT2D eigenvalue weighted by molar-refractivity contribution is 7.99. The van der Waals surface area contributed by atoms with Gasteiger partial charge in [0.05, 0.1) is 5.75 Å². The van der Waals surface area contributed by atoms with Crippen molar-refractivity contribution in [3.8, 4) is 0 Å². The lowest BCUT2D eigenvalue weighted by Gasteiger charge is -2.29. The van der Waals surface area contributed by atoms with Crippen LogP contribution in [0.5, 0.6) is 0 Å². The van der Waals surface area contributed by atoms with Gasteiger partial charge in [-0.1, -0.05) is 37.3 Å². The predicted octanol–water partition coefficient (Wildman–Crippen LogP) is 4.53. The van der Waals surface area contributed by atoms with Crippen molar-refractivity contribution in [2.45, 2.75) is 51.6 Å². The topological polar surface area (TPSA) is 49.4 Å². The molecule has 2 rings (SSSR count). The summed E-state index contributed by atoms with van der Waals surface area (Å²) in [7, 11) is 0. The van der Waals surface area contributed by atoms with Crippen molar-refractivity contribution >= 4 is 23.6 Å². The predicted molar refractivity (Wildman–Crippen MR) is 117 cm³/mol. The van der Waals surface area contributed by atoms with Crippen molar-refractivity contribution < 1.29 is 18.4 Å². The molecule has 0 aromatic heterocycles. The maximum atomic E-state index is 14.2. The Morgan fingerprint density at radius 1 is 1.07 bits per heavy atom. The molecule has 0 aliphatic heterocycles.